The molecular formula is C25H35FO2. The first-order chi connectivity index (χ1) is 13.7. The topological polar surface area (TPSA) is 26.3 Å². The first-order valence-electron chi connectivity index (χ1n) is 11.2. The Morgan fingerprint density at radius 3 is 2.21 bits per heavy atom. The number of carbonyl (C=O) groups excluding carboxylic acids is 1. The lowest BCUT2D eigenvalue weighted by atomic mass is 9.68. The fourth-order valence-corrected chi connectivity index (χ4v) is 5.17. The summed E-state index contributed by atoms with van der Waals surface area (Å²) in [6, 6.07) is 5.71. The average Bonchev–Trinajstić information content (AvgIpc) is 2.73. The molecule has 0 N–H and O–H groups in total. The quantitative estimate of drug-likeness (QED) is 0.216. The number of ether oxygens (including phenoxy) is 1. The number of hydrogen-bond acceptors (Lipinski definition) is 2. The molecule has 0 saturated heterocycles. The molecule has 0 bridgehead atoms. The van der Waals surface area contributed by atoms with E-state index in [0.717, 1.165) is 43.4 Å². The molecule has 2 aliphatic carbocycles. The number of allylic oxidation sites excluding steroid dienone is 2. The second-order valence-electron chi connectivity index (χ2n) is 8.77. The minimum Gasteiger partial charge on any atom is -0.426 e. The van der Waals surface area contributed by atoms with Crippen LogP contribution in [0.5, 0.6) is 5.75 Å². The molecule has 3 heteroatoms. The zero-order valence-electron chi connectivity index (χ0n) is 17.2. The number of esters is 1. The molecule has 3 rings (SSSR count). The van der Waals surface area contributed by atoms with Crippen molar-refractivity contribution in [2.45, 2.75) is 77.6 Å². The number of unbranched alkanes of at least 4 members (excludes halogenated alkanes) is 1. The van der Waals surface area contributed by atoms with E-state index in [2.05, 4.69) is 19.1 Å². The second kappa shape index (κ2) is 10.8. The van der Waals surface area contributed by atoms with Crippen LogP contribution in [-0.4, -0.2) is 5.97 Å². The van der Waals surface area contributed by atoms with Gasteiger partial charge in [0.1, 0.15) is 11.6 Å². The minimum atomic E-state index is -0.312. The van der Waals surface area contributed by atoms with Gasteiger partial charge in [-0.25, -0.2) is 4.39 Å². The van der Waals surface area contributed by atoms with E-state index < -0.39 is 0 Å². The van der Waals surface area contributed by atoms with Crippen LogP contribution in [0.15, 0.2) is 36.4 Å². The molecule has 154 valence electrons. The van der Waals surface area contributed by atoms with Crippen LogP contribution in [0.4, 0.5) is 4.39 Å². The third-order valence-electron chi connectivity index (χ3n) is 6.91. The van der Waals surface area contributed by atoms with E-state index >= 15 is 0 Å². The Labute approximate surface area is 169 Å². The van der Waals surface area contributed by atoms with Crippen molar-refractivity contribution in [1.29, 1.82) is 0 Å². The highest BCUT2D eigenvalue weighted by Crippen LogP contribution is 2.42. The molecule has 1 aromatic rings. The second-order valence-corrected chi connectivity index (χ2v) is 8.77. The van der Waals surface area contributed by atoms with Crippen molar-refractivity contribution in [2.24, 2.45) is 23.7 Å². The summed E-state index contributed by atoms with van der Waals surface area (Å²) in [5, 5.41) is 0. The molecule has 1 aromatic carbocycles. The molecule has 0 radical (unpaired) electrons. The lowest BCUT2D eigenvalue weighted by Crippen LogP contribution is -2.30. The maximum atomic E-state index is 13.0. The van der Waals surface area contributed by atoms with Gasteiger partial charge in [-0.15, -0.1) is 0 Å². The third kappa shape index (κ3) is 6.18. The van der Waals surface area contributed by atoms with Gasteiger partial charge in [-0.05, 0) is 100 Å². The van der Waals surface area contributed by atoms with E-state index in [4.69, 9.17) is 4.74 Å². The molecule has 2 nitrogen and oxygen atoms in total. The summed E-state index contributed by atoms with van der Waals surface area (Å²) in [7, 11) is 0. The third-order valence-corrected chi connectivity index (χ3v) is 6.91. The molecule has 2 saturated carbocycles. The standard InChI is InChI=1S/C25H35FO2/c1-2-3-4-5-6-19-7-9-20(10-8-19)21-11-13-22(14-12-21)25(27)28-24-17-15-23(26)16-18-24/h2-3,15-22H,4-14H2,1H3/b3-2-/t19-,20-,21-,22-. The van der Waals surface area contributed by atoms with Gasteiger partial charge < -0.3 is 4.74 Å². The highest BCUT2D eigenvalue weighted by atomic mass is 19.1. The van der Waals surface area contributed by atoms with Gasteiger partial charge in [-0.1, -0.05) is 31.4 Å². The van der Waals surface area contributed by atoms with Gasteiger partial charge in [0.25, 0.3) is 0 Å². The lowest BCUT2D eigenvalue weighted by molar-refractivity contribution is -0.140. The molecular weight excluding hydrogens is 351 g/mol. The summed E-state index contributed by atoms with van der Waals surface area (Å²) >= 11 is 0. The summed E-state index contributed by atoms with van der Waals surface area (Å²) in [4.78, 5) is 12.4. The molecule has 2 fully saturated rings. The maximum absolute atomic E-state index is 13.0. The first-order valence-corrected chi connectivity index (χ1v) is 11.2. The Morgan fingerprint density at radius 1 is 1.00 bits per heavy atom. The summed E-state index contributed by atoms with van der Waals surface area (Å²) in [5.41, 5.74) is 0. The maximum Gasteiger partial charge on any atom is 0.314 e. The van der Waals surface area contributed by atoms with E-state index in [0.29, 0.717) is 5.75 Å². The highest BCUT2D eigenvalue weighted by Gasteiger charge is 2.33. The molecule has 0 heterocycles. The van der Waals surface area contributed by atoms with Gasteiger partial charge in [0.15, 0.2) is 0 Å². The number of benzene rings is 1. The van der Waals surface area contributed by atoms with Crippen LogP contribution in [0.3, 0.4) is 0 Å². The van der Waals surface area contributed by atoms with Gasteiger partial charge in [-0.3, -0.25) is 4.79 Å². The van der Waals surface area contributed by atoms with E-state index in [-0.39, 0.29) is 17.7 Å². The van der Waals surface area contributed by atoms with Gasteiger partial charge in [0.2, 0.25) is 0 Å². The summed E-state index contributed by atoms with van der Waals surface area (Å²) in [6.45, 7) is 2.10. The van der Waals surface area contributed by atoms with Gasteiger partial charge in [-0.2, -0.15) is 0 Å². The van der Waals surface area contributed by atoms with E-state index in [9.17, 15) is 9.18 Å². The van der Waals surface area contributed by atoms with Crippen molar-refractivity contribution >= 4 is 5.97 Å². The van der Waals surface area contributed by atoms with Gasteiger partial charge in [0.05, 0.1) is 5.92 Å². The van der Waals surface area contributed by atoms with Crippen molar-refractivity contribution in [3.63, 3.8) is 0 Å². The first kappa shape index (κ1) is 21.1. The molecule has 0 aromatic heterocycles. The van der Waals surface area contributed by atoms with Crippen LogP contribution in [0, 0.1) is 29.5 Å². The predicted molar refractivity (Wildman–Crippen MR) is 112 cm³/mol. The number of rotatable bonds is 7. The van der Waals surface area contributed by atoms with E-state index in [1.807, 2.05) is 0 Å². The van der Waals surface area contributed by atoms with Crippen LogP contribution < -0.4 is 4.74 Å². The fraction of sp³-hybridized carbons (Fsp3) is 0.640. The SMILES string of the molecule is C/C=C\CCC[C@H]1CC[C@H]([C@H]2CC[C@H](C(=O)Oc3ccc(F)cc3)CC2)CC1. The molecule has 0 atom stereocenters. The van der Waals surface area contributed by atoms with Crippen molar-refractivity contribution < 1.29 is 13.9 Å². The smallest absolute Gasteiger partial charge is 0.314 e. The molecule has 0 amide bonds. The number of halogens is 1. The molecule has 0 unspecified atom stereocenters. The number of carbonyl (C=O) groups is 1. The molecule has 0 spiro atoms. The molecule has 28 heavy (non-hydrogen) atoms. The average molecular weight is 387 g/mol. The van der Waals surface area contributed by atoms with Gasteiger partial charge >= 0.3 is 5.97 Å². The lowest BCUT2D eigenvalue weighted by Gasteiger charge is -2.37. The van der Waals surface area contributed by atoms with Crippen LogP contribution in [0.2, 0.25) is 0 Å². The van der Waals surface area contributed by atoms with Crippen LogP contribution >= 0.6 is 0 Å². The van der Waals surface area contributed by atoms with Crippen molar-refractivity contribution in [3.05, 3.63) is 42.2 Å². The Kier molecular flexibility index (Phi) is 8.12. The van der Waals surface area contributed by atoms with Crippen molar-refractivity contribution in [2.75, 3.05) is 0 Å². The summed E-state index contributed by atoms with van der Waals surface area (Å²) < 4.78 is 18.4. The normalized spacial score (nSPS) is 28.4. The van der Waals surface area contributed by atoms with E-state index in [1.165, 1.54) is 69.2 Å². The fourth-order valence-electron chi connectivity index (χ4n) is 5.17. The largest absolute Gasteiger partial charge is 0.426 e. The zero-order chi connectivity index (χ0) is 19.8. The van der Waals surface area contributed by atoms with Crippen LogP contribution in [0.1, 0.15) is 77.6 Å². The van der Waals surface area contributed by atoms with Crippen molar-refractivity contribution in [1.82, 2.24) is 0 Å². The van der Waals surface area contributed by atoms with E-state index in [1.54, 1.807) is 0 Å². The Balaban J connectivity index is 1.36. The summed E-state index contributed by atoms with van der Waals surface area (Å²) in [5.74, 6) is 2.58. The van der Waals surface area contributed by atoms with Gasteiger partial charge in [0, 0.05) is 0 Å². The zero-order valence-corrected chi connectivity index (χ0v) is 17.2. The number of hydrogen-bond donors (Lipinski definition) is 0. The summed E-state index contributed by atoms with van der Waals surface area (Å²) in [6.07, 6.45) is 18.1. The Hall–Kier alpha value is -1.64. The Morgan fingerprint density at radius 2 is 1.61 bits per heavy atom. The molecule has 2 aliphatic rings. The predicted octanol–water partition coefficient (Wildman–Crippen LogP) is 7.09. The highest BCUT2D eigenvalue weighted by molar-refractivity contribution is 5.75. The van der Waals surface area contributed by atoms with Crippen LogP contribution in [-0.2, 0) is 4.79 Å². The van der Waals surface area contributed by atoms with Crippen molar-refractivity contribution in [3.8, 4) is 5.75 Å². The monoisotopic (exact) mass is 386 g/mol. The molecule has 0 aliphatic heterocycles. The van der Waals surface area contributed by atoms with Crippen LogP contribution in [0.25, 0.3) is 0 Å². The Bertz CT molecular complexity index is 620. The minimum absolute atomic E-state index is 0.00395.